The van der Waals surface area contributed by atoms with Crippen molar-refractivity contribution < 1.29 is 4.74 Å². The minimum atomic E-state index is -0.248. The molecule has 0 bridgehead atoms. The van der Waals surface area contributed by atoms with Gasteiger partial charge in [-0.15, -0.1) is 0 Å². The van der Waals surface area contributed by atoms with Gasteiger partial charge in [-0.05, 0) is 65.6 Å². The van der Waals surface area contributed by atoms with Crippen LogP contribution in [0.5, 0.6) is 5.75 Å². The first-order valence-electron chi connectivity index (χ1n) is 9.46. The second kappa shape index (κ2) is 7.28. The zero-order valence-corrected chi connectivity index (χ0v) is 16.1. The van der Waals surface area contributed by atoms with Crippen LogP contribution in [0.15, 0.2) is 66.7 Å². The fourth-order valence-corrected chi connectivity index (χ4v) is 4.17. The van der Waals surface area contributed by atoms with Gasteiger partial charge in [0, 0.05) is 17.9 Å². The van der Waals surface area contributed by atoms with Gasteiger partial charge < -0.3 is 15.4 Å². The Morgan fingerprint density at radius 2 is 1.82 bits per heavy atom. The topological polar surface area (TPSA) is 62.3 Å². The summed E-state index contributed by atoms with van der Waals surface area (Å²) in [5.41, 5.74) is 12.2. The number of likely N-dealkylation sites (N-methyl/N-ethyl adjacent to an activating group) is 1. The van der Waals surface area contributed by atoms with E-state index in [2.05, 4.69) is 48.2 Å². The first kappa shape index (κ1) is 17.9. The van der Waals surface area contributed by atoms with Crippen molar-refractivity contribution >= 4 is 11.4 Å². The lowest BCUT2D eigenvalue weighted by Gasteiger charge is -2.28. The van der Waals surface area contributed by atoms with Gasteiger partial charge in [0.1, 0.15) is 5.75 Å². The Morgan fingerprint density at radius 3 is 2.54 bits per heavy atom. The van der Waals surface area contributed by atoms with Crippen LogP contribution in [0.1, 0.15) is 30.0 Å². The number of methoxy groups -OCH3 is 1. The third-order valence-electron chi connectivity index (χ3n) is 5.46. The van der Waals surface area contributed by atoms with E-state index in [1.165, 1.54) is 0 Å². The third-order valence-corrected chi connectivity index (χ3v) is 5.46. The van der Waals surface area contributed by atoms with E-state index in [0.717, 1.165) is 45.9 Å². The molecule has 0 fully saturated rings. The van der Waals surface area contributed by atoms with Crippen LogP contribution in [0.2, 0.25) is 0 Å². The van der Waals surface area contributed by atoms with Crippen LogP contribution in [0.4, 0.5) is 11.4 Å². The molecule has 1 aliphatic rings. The zero-order chi connectivity index (χ0) is 19.7. The first-order valence-corrected chi connectivity index (χ1v) is 9.46. The fourth-order valence-electron chi connectivity index (χ4n) is 4.17. The Bertz CT molecular complexity index is 1050. The van der Waals surface area contributed by atoms with Crippen molar-refractivity contribution in [3.05, 3.63) is 77.9 Å². The van der Waals surface area contributed by atoms with Gasteiger partial charge in [-0.25, -0.2) is 0 Å². The molecule has 4 nitrogen and oxygen atoms in total. The van der Waals surface area contributed by atoms with Crippen LogP contribution in [0.3, 0.4) is 0 Å². The summed E-state index contributed by atoms with van der Waals surface area (Å²) >= 11 is 0. The molecule has 0 aliphatic carbocycles. The molecule has 4 rings (SSSR count). The summed E-state index contributed by atoms with van der Waals surface area (Å²) in [7, 11) is 1.67. The Morgan fingerprint density at radius 1 is 1.04 bits per heavy atom. The van der Waals surface area contributed by atoms with Crippen molar-refractivity contribution in [2.45, 2.75) is 18.9 Å². The highest BCUT2D eigenvalue weighted by molar-refractivity contribution is 5.74. The van der Waals surface area contributed by atoms with E-state index in [9.17, 15) is 5.26 Å². The SMILES string of the molecule is CCN1c2ccc(-c3cccc(OC)c3)cc2C(C#N)C1c1cccc(N)c1. The van der Waals surface area contributed by atoms with Gasteiger partial charge in [0.05, 0.1) is 25.1 Å². The number of ether oxygens (including phenoxy) is 1. The highest BCUT2D eigenvalue weighted by Crippen LogP contribution is 2.49. The van der Waals surface area contributed by atoms with Crippen molar-refractivity contribution in [1.29, 1.82) is 5.26 Å². The molecule has 1 heterocycles. The lowest BCUT2D eigenvalue weighted by atomic mass is 9.89. The Labute approximate surface area is 165 Å². The molecule has 3 aromatic rings. The Hall–Kier alpha value is -3.45. The lowest BCUT2D eigenvalue weighted by molar-refractivity contribution is 0.415. The van der Waals surface area contributed by atoms with Gasteiger partial charge in [0.25, 0.3) is 0 Å². The van der Waals surface area contributed by atoms with Gasteiger partial charge >= 0.3 is 0 Å². The van der Waals surface area contributed by atoms with Crippen LogP contribution < -0.4 is 15.4 Å². The normalized spacial score (nSPS) is 17.8. The van der Waals surface area contributed by atoms with Crippen molar-refractivity contribution in [3.63, 3.8) is 0 Å². The average Bonchev–Trinajstić information content (AvgIpc) is 3.06. The van der Waals surface area contributed by atoms with E-state index < -0.39 is 0 Å². The smallest absolute Gasteiger partial charge is 0.119 e. The molecular weight excluding hydrogens is 346 g/mol. The minimum Gasteiger partial charge on any atom is -0.497 e. The summed E-state index contributed by atoms with van der Waals surface area (Å²) in [5, 5.41) is 10.0. The standard InChI is InChI=1S/C24H23N3O/c1-3-27-23-11-10-17(16-6-5-9-20(13-16)28-2)14-21(23)22(15-25)24(27)18-7-4-8-19(26)12-18/h4-14,22,24H,3,26H2,1-2H3. The molecule has 2 atom stereocenters. The van der Waals surface area contributed by atoms with Gasteiger partial charge in [0.2, 0.25) is 0 Å². The number of hydrogen-bond acceptors (Lipinski definition) is 4. The van der Waals surface area contributed by atoms with Crippen LogP contribution in [-0.2, 0) is 0 Å². The number of nitriles is 1. The molecule has 140 valence electrons. The van der Waals surface area contributed by atoms with E-state index in [0.29, 0.717) is 0 Å². The van der Waals surface area contributed by atoms with E-state index in [1.807, 2.05) is 36.4 Å². The molecule has 0 saturated carbocycles. The van der Waals surface area contributed by atoms with Crippen LogP contribution in [0.25, 0.3) is 11.1 Å². The minimum absolute atomic E-state index is 0.0333. The molecule has 0 amide bonds. The Kier molecular flexibility index (Phi) is 4.67. The summed E-state index contributed by atoms with van der Waals surface area (Å²) in [5.74, 6) is 0.574. The van der Waals surface area contributed by atoms with Crippen molar-refractivity contribution in [2.75, 3.05) is 24.3 Å². The second-order valence-corrected chi connectivity index (χ2v) is 7.01. The maximum absolute atomic E-state index is 10.0. The molecular formula is C24H23N3O. The quantitative estimate of drug-likeness (QED) is 0.647. The van der Waals surface area contributed by atoms with Crippen LogP contribution in [0, 0.1) is 11.3 Å². The monoisotopic (exact) mass is 369 g/mol. The number of benzene rings is 3. The molecule has 0 aromatic heterocycles. The molecule has 2 unspecified atom stereocenters. The van der Waals surface area contributed by atoms with E-state index >= 15 is 0 Å². The number of anilines is 2. The molecule has 2 N–H and O–H groups in total. The number of rotatable bonds is 4. The van der Waals surface area contributed by atoms with E-state index in [-0.39, 0.29) is 12.0 Å². The average molecular weight is 369 g/mol. The molecule has 0 radical (unpaired) electrons. The van der Waals surface area contributed by atoms with Gasteiger partial charge in [-0.3, -0.25) is 0 Å². The molecule has 1 aliphatic heterocycles. The predicted molar refractivity (Wildman–Crippen MR) is 113 cm³/mol. The number of nitrogens with two attached hydrogens (primary N) is 1. The van der Waals surface area contributed by atoms with Gasteiger partial charge in [-0.1, -0.05) is 30.3 Å². The summed E-state index contributed by atoms with van der Waals surface area (Å²) in [4.78, 5) is 2.30. The molecule has 28 heavy (non-hydrogen) atoms. The summed E-state index contributed by atoms with van der Waals surface area (Å²) in [6.45, 7) is 2.95. The number of hydrogen-bond donors (Lipinski definition) is 1. The van der Waals surface area contributed by atoms with Crippen LogP contribution in [-0.4, -0.2) is 13.7 Å². The largest absolute Gasteiger partial charge is 0.497 e. The van der Waals surface area contributed by atoms with Crippen molar-refractivity contribution in [2.24, 2.45) is 0 Å². The number of fused-ring (bicyclic) bond motifs is 1. The molecule has 0 spiro atoms. The van der Waals surface area contributed by atoms with Crippen LogP contribution >= 0.6 is 0 Å². The maximum atomic E-state index is 10.0. The predicted octanol–water partition coefficient (Wildman–Crippen LogP) is 5.13. The van der Waals surface area contributed by atoms with Gasteiger partial charge in [0.15, 0.2) is 0 Å². The highest BCUT2D eigenvalue weighted by Gasteiger charge is 2.39. The first-order chi connectivity index (χ1) is 13.7. The lowest BCUT2D eigenvalue weighted by Crippen LogP contribution is -2.26. The van der Waals surface area contributed by atoms with E-state index in [1.54, 1.807) is 7.11 Å². The molecule has 4 heteroatoms. The summed E-state index contributed by atoms with van der Waals surface area (Å²) in [6, 6.07) is 24.8. The van der Waals surface area contributed by atoms with Crippen molar-refractivity contribution in [1.82, 2.24) is 0 Å². The second-order valence-electron chi connectivity index (χ2n) is 7.01. The van der Waals surface area contributed by atoms with E-state index in [4.69, 9.17) is 10.5 Å². The zero-order valence-electron chi connectivity index (χ0n) is 16.1. The van der Waals surface area contributed by atoms with Crippen molar-refractivity contribution in [3.8, 4) is 22.9 Å². The fraction of sp³-hybridized carbons (Fsp3) is 0.208. The number of nitrogen functional groups attached to an aromatic ring is 1. The van der Waals surface area contributed by atoms with Gasteiger partial charge in [-0.2, -0.15) is 5.26 Å². The highest BCUT2D eigenvalue weighted by atomic mass is 16.5. The Balaban J connectivity index is 1.81. The molecule has 0 saturated heterocycles. The summed E-state index contributed by atoms with van der Waals surface area (Å²) in [6.07, 6.45) is 0. The third kappa shape index (κ3) is 2.95. The number of nitrogens with zero attached hydrogens (tertiary/aromatic N) is 2. The molecule has 3 aromatic carbocycles. The summed E-state index contributed by atoms with van der Waals surface area (Å²) < 4.78 is 5.36. The maximum Gasteiger partial charge on any atom is 0.119 e.